The molecule has 0 aromatic carbocycles. The Labute approximate surface area is 75.9 Å². The molecule has 1 aliphatic carbocycles. The van der Waals surface area contributed by atoms with Gasteiger partial charge in [-0.1, -0.05) is 19.3 Å². The van der Waals surface area contributed by atoms with Gasteiger partial charge in [0.15, 0.2) is 0 Å². The van der Waals surface area contributed by atoms with Crippen LogP contribution in [0.3, 0.4) is 0 Å². The summed E-state index contributed by atoms with van der Waals surface area (Å²) in [6.07, 6.45) is 2.28. The second-order valence-corrected chi connectivity index (χ2v) is 3.76. The van der Waals surface area contributed by atoms with Gasteiger partial charge in [-0.05, 0) is 12.3 Å². The smallest absolute Gasteiger partial charge is 0.309 e. The van der Waals surface area contributed by atoms with Gasteiger partial charge in [-0.25, -0.2) is 8.78 Å². The van der Waals surface area contributed by atoms with Crippen LogP contribution in [0.2, 0.25) is 0 Å². The third-order valence-electron chi connectivity index (χ3n) is 2.26. The summed E-state index contributed by atoms with van der Waals surface area (Å²) >= 11 is 0. The molecule has 1 fully saturated rings. The molecule has 1 aliphatic rings. The molecule has 2 nitrogen and oxygen atoms in total. The Morgan fingerprint density at radius 1 is 1.46 bits per heavy atom. The maximum atomic E-state index is 12.8. The van der Waals surface area contributed by atoms with E-state index in [9.17, 15) is 13.6 Å². The van der Waals surface area contributed by atoms with Crippen molar-refractivity contribution in [3.63, 3.8) is 0 Å². The summed E-state index contributed by atoms with van der Waals surface area (Å²) in [6, 6.07) is 0. The largest absolute Gasteiger partial charge is 0.481 e. The van der Waals surface area contributed by atoms with Crippen molar-refractivity contribution in [2.75, 3.05) is 0 Å². The second kappa shape index (κ2) is 4.03. The first kappa shape index (κ1) is 10.4. The molecule has 0 saturated heterocycles. The number of carboxylic acid groups (broad SMARTS) is 1. The fraction of sp³-hybridized carbons (Fsp3) is 0.889. The number of carboxylic acids is 1. The highest BCUT2D eigenvalue weighted by Gasteiger charge is 2.32. The quantitative estimate of drug-likeness (QED) is 0.702. The summed E-state index contributed by atoms with van der Waals surface area (Å²) in [6.45, 7) is 0. The summed E-state index contributed by atoms with van der Waals surface area (Å²) < 4.78 is 25.5. The fourth-order valence-electron chi connectivity index (χ4n) is 1.37. The van der Waals surface area contributed by atoms with Gasteiger partial charge in [0, 0.05) is 6.42 Å². The zero-order chi connectivity index (χ0) is 9.90. The van der Waals surface area contributed by atoms with Gasteiger partial charge in [0.2, 0.25) is 0 Å². The van der Waals surface area contributed by atoms with Gasteiger partial charge in [0.25, 0.3) is 5.92 Å². The lowest BCUT2D eigenvalue weighted by Gasteiger charge is -2.12. The highest BCUT2D eigenvalue weighted by atomic mass is 19.3. The SMILES string of the molecule is O=C(O)CC(F)(F)CCCC1CC1. The third-order valence-corrected chi connectivity index (χ3v) is 2.26. The molecule has 4 heteroatoms. The van der Waals surface area contributed by atoms with E-state index in [0.29, 0.717) is 12.3 Å². The number of halogens is 2. The Balaban J connectivity index is 2.11. The number of hydrogen-bond acceptors (Lipinski definition) is 1. The maximum Gasteiger partial charge on any atom is 0.309 e. The number of rotatable bonds is 6. The van der Waals surface area contributed by atoms with E-state index in [1.54, 1.807) is 0 Å². The predicted octanol–water partition coefficient (Wildman–Crippen LogP) is 2.68. The van der Waals surface area contributed by atoms with Crippen LogP contribution in [-0.2, 0) is 4.79 Å². The molecule has 76 valence electrons. The molecule has 0 amide bonds. The molecule has 1 rings (SSSR count). The number of alkyl halides is 2. The molecule has 13 heavy (non-hydrogen) atoms. The minimum absolute atomic E-state index is 0.282. The summed E-state index contributed by atoms with van der Waals surface area (Å²) in [5.41, 5.74) is 0. The maximum absolute atomic E-state index is 12.8. The van der Waals surface area contributed by atoms with Crippen molar-refractivity contribution < 1.29 is 18.7 Å². The van der Waals surface area contributed by atoms with E-state index in [-0.39, 0.29) is 6.42 Å². The van der Waals surface area contributed by atoms with Gasteiger partial charge in [-0.15, -0.1) is 0 Å². The van der Waals surface area contributed by atoms with Crippen LogP contribution < -0.4 is 0 Å². The van der Waals surface area contributed by atoms with Crippen molar-refractivity contribution in [1.29, 1.82) is 0 Å². The molecule has 0 spiro atoms. The molecule has 0 heterocycles. The van der Waals surface area contributed by atoms with Crippen molar-refractivity contribution in [3.05, 3.63) is 0 Å². The predicted molar refractivity (Wildman–Crippen MR) is 43.8 cm³/mol. The van der Waals surface area contributed by atoms with Gasteiger partial charge in [0.1, 0.15) is 6.42 Å². The van der Waals surface area contributed by atoms with Crippen LogP contribution in [0, 0.1) is 5.92 Å². The molecule has 0 aromatic heterocycles. The molecule has 1 N–H and O–H groups in total. The van der Waals surface area contributed by atoms with E-state index in [1.165, 1.54) is 0 Å². The van der Waals surface area contributed by atoms with E-state index < -0.39 is 18.3 Å². The summed E-state index contributed by atoms with van der Waals surface area (Å²) in [7, 11) is 0. The van der Waals surface area contributed by atoms with Crippen molar-refractivity contribution in [2.45, 2.75) is 44.4 Å². The van der Waals surface area contributed by atoms with E-state index in [1.807, 2.05) is 0 Å². The topological polar surface area (TPSA) is 37.3 Å². The van der Waals surface area contributed by atoms with Crippen LogP contribution in [-0.4, -0.2) is 17.0 Å². The minimum atomic E-state index is -3.01. The van der Waals surface area contributed by atoms with Crippen LogP contribution in [0.25, 0.3) is 0 Å². The lowest BCUT2D eigenvalue weighted by atomic mass is 10.1. The van der Waals surface area contributed by atoms with Gasteiger partial charge < -0.3 is 5.11 Å². The number of aliphatic carboxylic acids is 1. The second-order valence-electron chi connectivity index (χ2n) is 3.76. The number of hydrogen-bond donors (Lipinski definition) is 1. The van der Waals surface area contributed by atoms with E-state index >= 15 is 0 Å². The van der Waals surface area contributed by atoms with Crippen LogP contribution in [0.5, 0.6) is 0 Å². The Bertz CT molecular complexity index is 188. The van der Waals surface area contributed by atoms with Gasteiger partial charge in [-0.2, -0.15) is 0 Å². The van der Waals surface area contributed by atoms with Gasteiger partial charge >= 0.3 is 5.97 Å². The molecular weight excluding hydrogens is 178 g/mol. The minimum Gasteiger partial charge on any atom is -0.481 e. The molecular formula is C9H14F2O2. The molecule has 0 atom stereocenters. The average Bonchev–Trinajstić information content (AvgIpc) is 2.67. The fourth-order valence-corrected chi connectivity index (χ4v) is 1.37. The average molecular weight is 192 g/mol. The highest BCUT2D eigenvalue weighted by molar-refractivity contribution is 5.67. The van der Waals surface area contributed by atoms with E-state index in [0.717, 1.165) is 19.3 Å². The first-order valence-corrected chi connectivity index (χ1v) is 4.59. The van der Waals surface area contributed by atoms with E-state index in [4.69, 9.17) is 5.11 Å². The zero-order valence-corrected chi connectivity index (χ0v) is 7.43. The Morgan fingerprint density at radius 2 is 2.08 bits per heavy atom. The first-order chi connectivity index (χ1) is 5.99. The summed E-state index contributed by atoms with van der Waals surface area (Å²) in [4.78, 5) is 10.0. The van der Waals surface area contributed by atoms with Crippen molar-refractivity contribution in [1.82, 2.24) is 0 Å². The van der Waals surface area contributed by atoms with Gasteiger partial charge in [0.05, 0.1) is 0 Å². The Morgan fingerprint density at radius 3 is 2.54 bits per heavy atom. The summed E-state index contributed by atoms with van der Waals surface area (Å²) in [5, 5.41) is 8.19. The highest BCUT2D eigenvalue weighted by Crippen LogP contribution is 2.36. The standard InChI is InChI=1S/C9H14F2O2/c10-9(11,6-8(12)13)5-1-2-7-3-4-7/h7H,1-6H2,(H,12,13). The molecule has 1 saturated carbocycles. The van der Waals surface area contributed by atoms with Crippen LogP contribution in [0.1, 0.15) is 38.5 Å². The lowest BCUT2D eigenvalue weighted by Crippen LogP contribution is -2.20. The molecule has 0 bridgehead atoms. The van der Waals surface area contributed by atoms with Crippen molar-refractivity contribution >= 4 is 5.97 Å². The zero-order valence-electron chi connectivity index (χ0n) is 7.43. The Hall–Kier alpha value is -0.670. The first-order valence-electron chi connectivity index (χ1n) is 4.59. The normalized spacial score (nSPS) is 17.4. The van der Waals surface area contributed by atoms with E-state index in [2.05, 4.69) is 0 Å². The monoisotopic (exact) mass is 192 g/mol. The molecule has 0 unspecified atom stereocenters. The third kappa shape index (κ3) is 4.80. The van der Waals surface area contributed by atoms with Crippen LogP contribution in [0.15, 0.2) is 0 Å². The molecule has 0 aromatic rings. The Kier molecular flexibility index (Phi) is 3.22. The number of carbonyl (C=O) groups is 1. The van der Waals surface area contributed by atoms with Crippen molar-refractivity contribution in [3.8, 4) is 0 Å². The molecule has 0 aliphatic heterocycles. The van der Waals surface area contributed by atoms with Crippen LogP contribution >= 0.6 is 0 Å². The lowest BCUT2D eigenvalue weighted by molar-refractivity contribution is -0.145. The van der Waals surface area contributed by atoms with Crippen LogP contribution in [0.4, 0.5) is 8.78 Å². The molecule has 0 radical (unpaired) electrons. The summed E-state index contributed by atoms with van der Waals surface area (Å²) in [5.74, 6) is -3.79. The van der Waals surface area contributed by atoms with Crippen molar-refractivity contribution in [2.24, 2.45) is 5.92 Å². The van der Waals surface area contributed by atoms with Gasteiger partial charge in [-0.3, -0.25) is 4.79 Å².